The van der Waals surface area contributed by atoms with Gasteiger partial charge in [0.2, 0.25) is 12.3 Å². The fourth-order valence-corrected chi connectivity index (χ4v) is 3.58. The molecule has 0 saturated carbocycles. The largest absolute Gasteiger partial charge is 0.423 e. The summed E-state index contributed by atoms with van der Waals surface area (Å²) < 4.78 is 6.86. The van der Waals surface area contributed by atoms with E-state index >= 15 is 0 Å². The molecule has 0 atom stereocenters. The van der Waals surface area contributed by atoms with Gasteiger partial charge in [0, 0.05) is 15.7 Å². The molecule has 8 heteroatoms. The first kappa shape index (κ1) is 14.4. The van der Waals surface area contributed by atoms with Gasteiger partial charge >= 0.3 is 0 Å². The molecule has 5 nitrogen and oxygen atoms in total. The van der Waals surface area contributed by atoms with Crippen LogP contribution in [-0.2, 0) is 0 Å². The number of rotatable bonds is 3. The van der Waals surface area contributed by atoms with Crippen LogP contribution in [0.3, 0.4) is 0 Å². The van der Waals surface area contributed by atoms with Crippen LogP contribution in [-0.4, -0.2) is 16.1 Å². The molecule has 0 saturated heterocycles. The molecule has 106 valence electrons. The van der Waals surface area contributed by atoms with E-state index in [1.54, 1.807) is 18.2 Å². The molecule has 0 bridgehead atoms. The number of thiophene rings is 1. The Labute approximate surface area is 140 Å². The van der Waals surface area contributed by atoms with Crippen molar-refractivity contribution in [1.82, 2.24) is 10.2 Å². The number of carbonyl (C=O) groups is 1. The zero-order valence-electron chi connectivity index (χ0n) is 10.3. The molecule has 1 aromatic carbocycles. The van der Waals surface area contributed by atoms with Gasteiger partial charge in [0.1, 0.15) is 0 Å². The minimum atomic E-state index is -0.156. The summed E-state index contributed by atoms with van der Waals surface area (Å²) in [4.78, 5) is 12.7. The van der Waals surface area contributed by atoms with Crippen LogP contribution in [0.2, 0.25) is 0 Å². The number of nitrogens with one attached hydrogen (secondary N) is 1. The van der Waals surface area contributed by atoms with Crippen LogP contribution in [0.15, 0.2) is 49.4 Å². The number of amides is 1. The van der Waals surface area contributed by atoms with Crippen molar-refractivity contribution in [3.63, 3.8) is 0 Å². The Morgan fingerprint density at radius 1 is 1.24 bits per heavy atom. The lowest BCUT2D eigenvalue weighted by atomic mass is 10.2. The molecule has 0 spiro atoms. The molecule has 0 unspecified atom stereocenters. The first-order valence-corrected chi connectivity index (χ1v) is 8.16. The van der Waals surface area contributed by atoms with Crippen molar-refractivity contribution in [3.05, 3.63) is 49.9 Å². The number of halogens is 2. The Morgan fingerprint density at radius 2 is 2.00 bits per heavy atom. The first-order valence-electron chi connectivity index (χ1n) is 5.76. The maximum atomic E-state index is 12.1. The number of carbonyl (C=O) groups excluding carboxylic acids is 1. The van der Waals surface area contributed by atoms with Crippen LogP contribution in [0.5, 0.6) is 0 Å². The van der Waals surface area contributed by atoms with Crippen molar-refractivity contribution in [1.29, 1.82) is 0 Å². The molecule has 21 heavy (non-hydrogen) atoms. The van der Waals surface area contributed by atoms with Crippen molar-refractivity contribution in [2.24, 2.45) is 0 Å². The Kier molecular flexibility index (Phi) is 4.18. The summed E-state index contributed by atoms with van der Waals surface area (Å²) in [5, 5.41) is 10.3. The van der Waals surface area contributed by atoms with Crippen molar-refractivity contribution in [3.8, 4) is 11.5 Å². The lowest BCUT2D eigenvalue weighted by Crippen LogP contribution is -2.09. The van der Waals surface area contributed by atoms with Crippen LogP contribution in [0.25, 0.3) is 11.5 Å². The zero-order valence-corrected chi connectivity index (χ0v) is 14.3. The topological polar surface area (TPSA) is 68.0 Å². The normalized spacial score (nSPS) is 10.6. The molecule has 0 radical (unpaired) electrons. The molecule has 2 aromatic heterocycles. The number of anilines is 1. The van der Waals surface area contributed by atoms with Crippen LogP contribution >= 0.6 is 43.2 Å². The maximum Gasteiger partial charge on any atom is 0.265 e. The molecule has 1 amide bonds. The van der Waals surface area contributed by atoms with Gasteiger partial charge in [-0.1, -0.05) is 0 Å². The third-order valence-electron chi connectivity index (χ3n) is 2.62. The van der Waals surface area contributed by atoms with Gasteiger partial charge < -0.3 is 9.73 Å². The van der Waals surface area contributed by atoms with Crippen molar-refractivity contribution in [2.75, 3.05) is 5.32 Å². The van der Waals surface area contributed by atoms with Gasteiger partial charge in [-0.3, -0.25) is 4.79 Å². The zero-order chi connectivity index (χ0) is 14.8. The molecule has 1 N–H and O–H groups in total. The van der Waals surface area contributed by atoms with Gasteiger partial charge in [-0.25, -0.2) is 0 Å². The Balaban J connectivity index is 1.74. The van der Waals surface area contributed by atoms with E-state index < -0.39 is 0 Å². The fourth-order valence-electron chi connectivity index (χ4n) is 1.65. The Morgan fingerprint density at radius 3 is 2.57 bits per heavy atom. The Bertz CT molecular complexity index is 750. The summed E-state index contributed by atoms with van der Waals surface area (Å²) in [7, 11) is 0. The predicted molar refractivity (Wildman–Crippen MR) is 87.4 cm³/mol. The number of aromatic nitrogens is 2. The number of hydrogen-bond acceptors (Lipinski definition) is 5. The van der Waals surface area contributed by atoms with E-state index in [1.807, 2.05) is 12.1 Å². The van der Waals surface area contributed by atoms with Gasteiger partial charge in [0.15, 0.2) is 0 Å². The van der Waals surface area contributed by atoms with E-state index in [4.69, 9.17) is 4.42 Å². The summed E-state index contributed by atoms with van der Waals surface area (Å²) in [6.07, 6.45) is 1.28. The monoisotopic (exact) mass is 427 g/mol. The van der Waals surface area contributed by atoms with E-state index in [9.17, 15) is 4.79 Å². The van der Waals surface area contributed by atoms with E-state index in [2.05, 4.69) is 47.4 Å². The van der Waals surface area contributed by atoms with Crippen molar-refractivity contribution >= 4 is 54.8 Å². The van der Waals surface area contributed by atoms with Gasteiger partial charge in [0.25, 0.3) is 5.91 Å². The fraction of sp³-hybridized carbons (Fsp3) is 0. The smallest absolute Gasteiger partial charge is 0.265 e. The number of hydrogen-bond donors (Lipinski definition) is 1. The van der Waals surface area contributed by atoms with Gasteiger partial charge in [0.05, 0.1) is 8.66 Å². The lowest BCUT2D eigenvalue weighted by molar-refractivity contribution is 0.103. The molecule has 3 aromatic rings. The maximum absolute atomic E-state index is 12.1. The minimum absolute atomic E-state index is 0.156. The standard InChI is InChI=1S/C13H7Br2N3O2S/c14-9-5-10(21-11(9)15)12(19)17-8-3-1-7(2-4-8)13-18-16-6-20-13/h1-6H,(H,17,19). The van der Waals surface area contributed by atoms with Crippen LogP contribution in [0.4, 0.5) is 5.69 Å². The SMILES string of the molecule is O=C(Nc1ccc(-c2nnco2)cc1)c1cc(Br)c(Br)s1. The number of benzene rings is 1. The number of nitrogens with zero attached hydrogens (tertiary/aromatic N) is 2. The van der Waals surface area contributed by atoms with Crippen LogP contribution in [0, 0.1) is 0 Å². The van der Waals surface area contributed by atoms with E-state index in [0.717, 1.165) is 13.8 Å². The first-order chi connectivity index (χ1) is 10.1. The van der Waals surface area contributed by atoms with E-state index in [-0.39, 0.29) is 5.91 Å². The highest BCUT2D eigenvalue weighted by Crippen LogP contribution is 2.32. The third-order valence-corrected chi connectivity index (χ3v) is 5.87. The van der Waals surface area contributed by atoms with E-state index in [0.29, 0.717) is 16.5 Å². The molecule has 0 aliphatic carbocycles. The minimum Gasteiger partial charge on any atom is -0.423 e. The summed E-state index contributed by atoms with van der Waals surface area (Å²) in [5.74, 6) is 0.288. The molecule has 0 aliphatic heterocycles. The predicted octanol–water partition coefficient (Wildman–Crippen LogP) is 4.58. The summed E-state index contributed by atoms with van der Waals surface area (Å²) >= 11 is 8.10. The average Bonchev–Trinajstić information content (AvgIpc) is 3.11. The molecule has 2 heterocycles. The summed E-state index contributed by atoms with van der Waals surface area (Å²) in [5.41, 5.74) is 1.50. The molecular formula is C13H7Br2N3O2S. The average molecular weight is 429 g/mol. The second kappa shape index (κ2) is 6.08. The second-order valence-electron chi connectivity index (χ2n) is 4.01. The highest BCUT2D eigenvalue weighted by molar-refractivity contribution is 9.13. The molecule has 3 rings (SSSR count). The Hall–Kier alpha value is -1.51. The second-order valence-corrected chi connectivity index (χ2v) is 7.23. The highest BCUT2D eigenvalue weighted by atomic mass is 79.9. The van der Waals surface area contributed by atoms with Gasteiger partial charge in [-0.2, -0.15) is 0 Å². The molecule has 0 aliphatic rings. The lowest BCUT2D eigenvalue weighted by Gasteiger charge is -2.03. The summed E-state index contributed by atoms with van der Waals surface area (Å²) in [6.45, 7) is 0. The van der Waals surface area contributed by atoms with Crippen molar-refractivity contribution in [2.45, 2.75) is 0 Å². The van der Waals surface area contributed by atoms with Crippen LogP contribution in [0.1, 0.15) is 9.67 Å². The van der Waals surface area contributed by atoms with Crippen molar-refractivity contribution < 1.29 is 9.21 Å². The van der Waals surface area contributed by atoms with E-state index in [1.165, 1.54) is 17.7 Å². The highest BCUT2D eigenvalue weighted by Gasteiger charge is 2.12. The molecular weight excluding hydrogens is 422 g/mol. The molecule has 0 fully saturated rings. The van der Waals surface area contributed by atoms with Gasteiger partial charge in [-0.05, 0) is 62.2 Å². The quantitative estimate of drug-likeness (QED) is 0.663. The van der Waals surface area contributed by atoms with Crippen LogP contribution < -0.4 is 5.32 Å². The third kappa shape index (κ3) is 3.22. The van der Waals surface area contributed by atoms with Gasteiger partial charge in [-0.15, -0.1) is 21.5 Å². The summed E-state index contributed by atoms with van der Waals surface area (Å²) in [6, 6.07) is 8.97.